The highest BCUT2D eigenvalue weighted by atomic mass is 32.2. The monoisotopic (exact) mass is 563 g/mol. The number of aromatic nitrogens is 1. The van der Waals surface area contributed by atoms with Gasteiger partial charge < -0.3 is 20.1 Å². The number of rotatable bonds is 22. The first kappa shape index (κ1) is 33.2. The van der Waals surface area contributed by atoms with Crippen LogP contribution in [0.25, 0.3) is 0 Å². The molecule has 0 aromatic carbocycles. The summed E-state index contributed by atoms with van der Waals surface area (Å²) in [6.07, 6.45) is 22.4. The van der Waals surface area contributed by atoms with Crippen LogP contribution in [0.4, 0.5) is 9.59 Å². The maximum absolute atomic E-state index is 12.2. The van der Waals surface area contributed by atoms with E-state index >= 15 is 0 Å². The molecular formula is C31H53N3O4S. The number of ether oxygens (including phenoxy) is 2. The summed E-state index contributed by atoms with van der Waals surface area (Å²) in [6, 6.07) is 3.94. The summed E-state index contributed by atoms with van der Waals surface area (Å²) in [6.45, 7) is 3.64. The molecule has 7 nitrogen and oxygen atoms in total. The van der Waals surface area contributed by atoms with Crippen LogP contribution in [0.1, 0.15) is 127 Å². The van der Waals surface area contributed by atoms with Gasteiger partial charge in [0.25, 0.3) is 0 Å². The topological polar surface area (TPSA) is 89.5 Å². The highest BCUT2D eigenvalue weighted by Gasteiger charge is 2.35. The van der Waals surface area contributed by atoms with Crippen LogP contribution in [0.3, 0.4) is 0 Å². The summed E-state index contributed by atoms with van der Waals surface area (Å²) in [5, 5.41) is 5.79. The van der Waals surface area contributed by atoms with Crippen molar-refractivity contribution in [3.8, 4) is 0 Å². The third-order valence-electron chi connectivity index (χ3n) is 7.53. The average molecular weight is 564 g/mol. The van der Waals surface area contributed by atoms with Crippen LogP contribution in [-0.4, -0.2) is 48.4 Å². The molecule has 222 valence electrons. The van der Waals surface area contributed by atoms with E-state index in [4.69, 9.17) is 4.74 Å². The molecule has 8 heteroatoms. The Morgan fingerprint density at radius 2 is 1.46 bits per heavy atom. The number of nitrogens with zero attached hydrogens (tertiary/aromatic N) is 1. The van der Waals surface area contributed by atoms with Gasteiger partial charge in [-0.25, -0.2) is 9.59 Å². The fourth-order valence-corrected chi connectivity index (χ4v) is 6.17. The van der Waals surface area contributed by atoms with E-state index in [0.717, 1.165) is 29.9 Å². The van der Waals surface area contributed by atoms with E-state index in [0.29, 0.717) is 19.7 Å². The number of amides is 2. The fourth-order valence-electron chi connectivity index (χ4n) is 5.02. The van der Waals surface area contributed by atoms with Gasteiger partial charge in [-0.1, -0.05) is 109 Å². The number of hydrogen-bond acceptors (Lipinski definition) is 6. The van der Waals surface area contributed by atoms with Crippen molar-refractivity contribution < 1.29 is 19.1 Å². The van der Waals surface area contributed by atoms with Crippen molar-refractivity contribution >= 4 is 23.9 Å². The molecule has 0 saturated carbocycles. The molecule has 0 bridgehead atoms. The minimum atomic E-state index is -0.476. The summed E-state index contributed by atoms with van der Waals surface area (Å²) in [5.41, 5.74) is 1.92. The van der Waals surface area contributed by atoms with Crippen LogP contribution in [-0.2, 0) is 16.0 Å². The van der Waals surface area contributed by atoms with Crippen LogP contribution >= 0.6 is 11.8 Å². The summed E-state index contributed by atoms with van der Waals surface area (Å²) in [4.78, 5) is 28.0. The Morgan fingerprint density at radius 3 is 2.00 bits per heavy atom. The van der Waals surface area contributed by atoms with Gasteiger partial charge in [0.15, 0.2) is 0 Å². The standard InChI is InChI=1S/C31H53N3O4S/c1-3-4-5-6-7-8-9-10-11-12-13-14-15-16-17-18-21-33-31(36)38-24-29-27(25-39-29)26-20-19-22-32-28(26)23-34-30(35)37-2/h19-20,22,27,29H,3-18,21,23-25H2,1-2H3,(H,33,36)(H,34,35). The number of pyridine rings is 1. The van der Waals surface area contributed by atoms with Crippen molar-refractivity contribution in [2.75, 3.05) is 26.0 Å². The molecule has 2 amide bonds. The number of carbonyl (C=O) groups is 2. The number of thioether (sulfide) groups is 1. The van der Waals surface area contributed by atoms with Gasteiger partial charge >= 0.3 is 12.2 Å². The van der Waals surface area contributed by atoms with E-state index in [-0.39, 0.29) is 17.3 Å². The third-order valence-corrected chi connectivity index (χ3v) is 8.97. The average Bonchev–Trinajstić information content (AvgIpc) is 2.93. The SMILES string of the molecule is CCCCCCCCCCCCCCCCCCNC(=O)OCC1SCC1c1cccnc1CNC(=O)OC. The zero-order valence-electron chi connectivity index (χ0n) is 24.5. The predicted octanol–water partition coefficient (Wildman–Crippen LogP) is 8.12. The molecule has 2 atom stereocenters. The van der Waals surface area contributed by atoms with Gasteiger partial charge in [-0.2, -0.15) is 11.8 Å². The second-order valence-electron chi connectivity index (χ2n) is 10.7. The van der Waals surface area contributed by atoms with Gasteiger partial charge in [-0.05, 0) is 18.1 Å². The number of carbonyl (C=O) groups excluding carboxylic acids is 2. The lowest BCUT2D eigenvalue weighted by Gasteiger charge is -2.36. The molecule has 0 radical (unpaired) electrons. The van der Waals surface area contributed by atoms with Crippen LogP contribution in [0.5, 0.6) is 0 Å². The quantitative estimate of drug-likeness (QED) is 0.138. The summed E-state index contributed by atoms with van der Waals surface area (Å²) < 4.78 is 10.2. The van der Waals surface area contributed by atoms with Crippen LogP contribution in [0.2, 0.25) is 0 Å². The molecule has 0 aliphatic carbocycles. The molecule has 1 aliphatic heterocycles. The van der Waals surface area contributed by atoms with Gasteiger partial charge in [0, 0.05) is 29.7 Å². The Labute approximate surface area is 241 Å². The largest absolute Gasteiger partial charge is 0.453 e. The predicted molar refractivity (Wildman–Crippen MR) is 161 cm³/mol. The molecule has 2 rings (SSSR count). The van der Waals surface area contributed by atoms with Crippen molar-refractivity contribution in [3.63, 3.8) is 0 Å². The lowest BCUT2D eigenvalue weighted by molar-refractivity contribution is 0.143. The Kier molecular flexibility index (Phi) is 18.6. The van der Waals surface area contributed by atoms with Crippen molar-refractivity contribution in [1.82, 2.24) is 15.6 Å². The molecule has 2 unspecified atom stereocenters. The minimum Gasteiger partial charge on any atom is -0.453 e. The zero-order chi connectivity index (χ0) is 28.0. The molecule has 2 N–H and O–H groups in total. The molecule has 39 heavy (non-hydrogen) atoms. The van der Waals surface area contributed by atoms with Crippen molar-refractivity contribution in [3.05, 3.63) is 29.6 Å². The Bertz CT molecular complexity index is 795. The van der Waals surface area contributed by atoms with E-state index in [9.17, 15) is 9.59 Å². The first-order valence-corrected chi connectivity index (χ1v) is 16.5. The number of methoxy groups -OCH3 is 1. The van der Waals surface area contributed by atoms with Crippen molar-refractivity contribution in [1.29, 1.82) is 0 Å². The van der Waals surface area contributed by atoms with Crippen molar-refractivity contribution in [2.45, 2.75) is 127 Å². The molecular weight excluding hydrogens is 510 g/mol. The molecule has 1 fully saturated rings. The summed E-state index contributed by atoms with van der Waals surface area (Å²) in [5.74, 6) is 1.21. The normalized spacial score (nSPS) is 16.4. The smallest absolute Gasteiger partial charge is 0.407 e. The highest BCUT2D eigenvalue weighted by molar-refractivity contribution is 8.01. The van der Waals surface area contributed by atoms with E-state index in [1.807, 2.05) is 12.1 Å². The van der Waals surface area contributed by atoms with E-state index < -0.39 is 6.09 Å². The first-order chi connectivity index (χ1) is 19.2. The van der Waals surface area contributed by atoms with E-state index in [1.165, 1.54) is 97.0 Å². The number of hydrogen-bond donors (Lipinski definition) is 2. The second-order valence-corrected chi connectivity index (χ2v) is 12.0. The van der Waals surface area contributed by atoms with Gasteiger partial charge in [-0.3, -0.25) is 4.98 Å². The molecule has 2 heterocycles. The van der Waals surface area contributed by atoms with Gasteiger partial charge in [0.2, 0.25) is 0 Å². The zero-order valence-corrected chi connectivity index (χ0v) is 25.3. The Hall–Kier alpha value is -1.96. The van der Waals surface area contributed by atoms with E-state index in [1.54, 1.807) is 18.0 Å². The second kappa shape index (κ2) is 21.8. The molecule has 1 aliphatic rings. The maximum atomic E-state index is 12.2. The number of nitrogens with one attached hydrogen (secondary N) is 2. The van der Waals surface area contributed by atoms with Crippen LogP contribution < -0.4 is 10.6 Å². The van der Waals surface area contributed by atoms with Gasteiger partial charge in [-0.15, -0.1) is 0 Å². The maximum Gasteiger partial charge on any atom is 0.407 e. The highest BCUT2D eigenvalue weighted by Crippen LogP contribution is 2.43. The lowest BCUT2D eigenvalue weighted by Crippen LogP contribution is -2.36. The summed E-state index contributed by atoms with van der Waals surface area (Å²) in [7, 11) is 1.34. The molecule has 1 saturated heterocycles. The molecule has 1 aromatic rings. The van der Waals surface area contributed by atoms with E-state index in [2.05, 4.69) is 27.3 Å². The molecule has 1 aromatic heterocycles. The molecule has 0 spiro atoms. The van der Waals surface area contributed by atoms with Crippen LogP contribution in [0, 0.1) is 0 Å². The lowest BCUT2D eigenvalue weighted by atomic mass is 9.94. The first-order valence-electron chi connectivity index (χ1n) is 15.4. The minimum absolute atomic E-state index is 0.201. The van der Waals surface area contributed by atoms with Gasteiger partial charge in [0.05, 0.1) is 19.3 Å². The fraction of sp³-hybridized carbons (Fsp3) is 0.774. The van der Waals surface area contributed by atoms with Crippen LogP contribution in [0.15, 0.2) is 18.3 Å². The third kappa shape index (κ3) is 14.8. The van der Waals surface area contributed by atoms with Gasteiger partial charge in [0.1, 0.15) is 6.61 Å². The van der Waals surface area contributed by atoms with Crippen molar-refractivity contribution in [2.24, 2.45) is 0 Å². The summed E-state index contributed by atoms with van der Waals surface area (Å²) >= 11 is 1.79. The Morgan fingerprint density at radius 1 is 0.872 bits per heavy atom. The number of alkyl carbamates (subject to hydrolysis) is 2. The Balaban J connectivity index is 1.42. The number of unbranched alkanes of at least 4 members (excludes halogenated alkanes) is 15.